The third kappa shape index (κ3) is 5.67. The number of anilines is 1. The van der Waals surface area contributed by atoms with Crippen molar-refractivity contribution in [2.45, 2.75) is 19.8 Å². The van der Waals surface area contributed by atoms with Gasteiger partial charge in [0.1, 0.15) is 5.82 Å². The Morgan fingerprint density at radius 3 is 2.60 bits per heavy atom. The van der Waals surface area contributed by atoms with Gasteiger partial charge in [-0.1, -0.05) is 13.3 Å². The first-order valence-corrected chi connectivity index (χ1v) is 6.55. The fraction of sp³-hybridized carbons (Fsp3) is 0.500. The van der Waals surface area contributed by atoms with E-state index >= 15 is 0 Å². The molecular formula is C12H18FNS. The molecule has 0 aliphatic heterocycles. The lowest BCUT2D eigenvalue weighted by Crippen LogP contribution is -2.04. The summed E-state index contributed by atoms with van der Waals surface area (Å²) < 4.78 is 12.6. The van der Waals surface area contributed by atoms with Gasteiger partial charge in [0.15, 0.2) is 0 Å². The van der Waals surface area contributed by atoms with Crippen LogP contribution in [-0.4, -0.2) is 18.1 Å². The Bertz CT molecular complexity index is 261. The number of thioether (sulfide) groups is 1. The summed E-state index contributed by atoms with van der Waals surface area (Å²) in [7, 11) is 0. The molecule has 1 aromatic rings. The molecular weight excluding hydrogens is 209 g/mol. The van der Waals surface area contributed by atoms with Gasteiger partial charge in [0, 0.05) is 18.0 Å². The number of hydrogen-bond acceptors (Lipinski definition) is 2. The van der Waals surface area contributed by atoms with E-state index in [0.29, 0.717) is 0 Å². The molecule has 0 unspecified atom stereocenters. The first kappa shape index (κ1) is 12.4. The molecule has 15 heavy (non-hydrogen) atoms. The van der Waals surface area contributed by atoms with E-state index < -0.39 is 0 Å². The van der Waals surface area contributed by atoms with Crippen LogP contribution in [0.5, 0.6) is 0 Å². The second-order valence-electron chi connectivity index (χ2n) is 3.40. The number of halogens is 1. The predicted octanol–water partition coefficient (Wildman–Crippen LogP) is 3.77. The van der Waals surface area contributed by atoms with Gasteiger partial charge in [0.2, 0.25) is 0 Å². The fourth-order valence-electron chi connectivity index (χ4n) is 1.18. The minimum absolute atomic E-state index is 0.183. The highest BCUT2D eigenvalue weighted by Crippen LogP contribution is 2.09. The zero-order valence-electron chi connectivity index (χ0n) is 9.13. The van der Waals surface area contributed by atoms with E-state index in [1.165, 1.54) is 30.7 Å². The van der Waals surface area contributed by atoms with Crippen molar-refractivity contribution < 1.29 is 4.39 Å². The summed E-state index contributed by atoms with van der Waals surface area (Å²) in [6.07, 6.45) is 2.56. The molecule has 0 radical (unpaired) electrons. The van der Waals surface area contributed by atoms with Gasteiger partial charge in [-0.3, -0.25) is 0 Å². The minimum atomic E-state index is -0.183. The second-order valence-corrected chi connectivity index (χ2v) is 4.62. The molecule has 0 fully saturated rings. The molecule has 0 saturated heterocycles. The Morgan fingerprint density at radius 2 is 1.93 bits per heavy atom. The first-order chi connectivity index (χ1) is 7.33. The van der Waals surface area contributed by atoms with Crippen molar-refractivity contribution in [2.75, 3.05) is 23.4 Å². The van der Waals surface area contributed by atoms with Crippen LogP contribution in [0.2, 0.25) is 0 Å². The molecule has 1 aromatic carbocycles. The molecule has 0 spiro atoms. The van der Waals surface area contributed by atoms with Gasteiger partial charge in [-0.2, -0.15) is 11.8 Å². The zero-order chi connectivity index (χ0) is 10.9. The highest BCUT2D eigenvalue weighted by atomic mass is 32.2. The lowest BCUT2D eigenvalue weighted by Gasteiger charge is -2.05. The van der Waals surface area contributed by atoms with Crippen molar-refractivity contribution in [3.8, 4) is 0 Å². The zero-order valence-corrected chi connectivity index (χ0v) is 9.95. The molecule has 0 bridgehead atoms. The van der Waals surface area contributed by atoms with Crippen molar-refractivity contribution in [2.24, 2.45) is 0 Å². The lowest BCUT2D eigenvalue weighted by molar-refractivity contribution is 0.628. The predicted molar refractivity (Wildman–Crippen MR) is 67.1 cm³/mol. The van der Waals surface area contributed by atoms with Gasteiger partial charge in [-0.25, -0.2) is 4.39 Å². The van der Waals surface area contributed by atoms with Crippen LogP contribution in [0.3, 0.4) is 0 Å². The third-order valence-corrected chi connectivity index (χ3v) is 3.13. The molecule has 0 saturated carbocycles. The Kier molecular flexibility index (Phi) is 6.25. The Labute approximate surface area is 95.5 Å². The van der Waals surface area contributed by atoms with Crippen LogP contribution in [-0.2, 0) is 0 Å². The van der Waals surface area contributed by atoms with Gasteiger partial charge in [0.25, 0.3) is 0 Å². The molecule has 1 nitrogen and oxygen atoms in total. The SMILES string of the molecule is CCCCSCCNc1ccc(F)cc1. The molecule has 0 aromatic heterocycles. The smallest absolute Gasteiger partial charge is 0.123 e. The number of hydrogen-bond donors (Lipinski definition) is 1. The minimum Gasteiger partial charge on any atom is -0.384 e. The Morgan fingerprint density at radius 1 is 1.20 bits per heavy atom. The summed E-state index contributed by atoms with van der Waals surface area (Å²) >= 11 is 1.96. The van der Waals surface area contributed by atoms with Gasteiger partial charge in [-0.15, -0.1) is 0 Å². The highest BCUT2D eigenvalue weighted by molar-refractivity contribution is 7.99. The van der Waals surface area contributed by atoms with Crippen molar-refractivity contribution >= 4 is 17.4 Å². The molecule has 84 valence electrons. The van der Waals surface area contributed by atoms with Crippen molar-refractivity contribution in [3.63, 3.8) is 0 Å². The van der Waals surface area contributed by atoms with E-state index in [-0.39, 0.29) is 5.82 Å². The molecule has 3 heteroatoms. The highest BCUT2D eigenvalue weighted by Gasteiger charge is 1.92. The van der Waals surface area contributed by atoms with Crippen LogP contribution in [0, 0.1) is 5.82 Å². The normalized spacial score (nSPS) is 10.3. The monoisotopic (exact) mass is 227 g/mol. The van der Waals surface area contributed by atoms with E-state index in [2.05, 4.69) is 12.2 Å². The quantitative estimate of drug-likeness (QED) is 0.712. The van der Waals surface area contributed by atoms with Gasteiger partial charge < -0.3 is 5.32 Å². The molecule has 0 aliphatic rings. The van der Waals surface area contributed by atoms with Crippen molar-refractivity contribution in [3.05, 3.63) is 30.1 Å². The standard InChI is InChI=1S/C12H18FNS/c1-2-3-9-15-10-8-14-12-6-4-11(13)5-7-12/h4-7,14H,2-3,8-10H2,1H3. The van der Waals surface area contributed by atoms with E-state index in [1.807, 2.05) is 11.8 Å². The molecule has 0 heterocycles. The van der Waals surface area contributed by atoms with E-state index in [0.717, 1.165) is 18.0 Å². The average molecular weight is 227 g/mol. The maximum atomic E-state index is 12.6. The maximum Gasteiger partial charge on any atom is 0.123 e. The van der Waals surface area contributed by atoms with Crippen LogP contribution >= 0.6 is 11.8 Å². The fourth-order valence-corrected chi connectivity index (χ4v) is 2.13. The summed E-state index contributed by atoms with van der Waals surface area (Å²) in [6, 6.07) is 6.50. The molecule has 1 N–H and O–H groups in total. The molecule has 0 amide bonds. The summed E-state index contributed by atoms with van der Waals surface area (Å²) in [6.45, 7) is 3.15. The maximum absolute atomic E-state index is 12.6. The second kappa shape index (κ2) is 7.57. The molecule has 1 rings (SSSR count). The van der Waals surface area contributed by atoms with E-state index in [9.17, 15) is 4.39 Å². The van der Waals surface area contributed by atoms with Crippen molar-refractivity contribution in [1.29, 1.82) is 0 Å². The van der Waals surface area contributed by atoms with Crippen LogP contribution in [0.25, 0.3) is 0 Å². The number of nitrogens with one attached hydrogen (secondary N) is 1. The van der Waals surface area contributed by atoms with E-state index in [1.54, 1.807) is 12.1 Å². The topological polar surface area (TPSA) is 12.0 Å². The van der Waals surface area contributed by atoms with Crippen molar-refractivity contribution in [1.82, 2.24) is 0 Å². The largest absolute Gasteiger partial charge is 0.384 e. The van der Waals surface area contributed by atoms with Crippen LogP contribution in [0.1, 0.15) is 19.8 Å². The van der Waals surface area contributed by atoms with E-state index in [4.69, 9.17) is 0 Å². The van der Waals surface area contributed by atoms with Crippen LogP contribution in [0.15, 0.2) is 24.3 Å². The average Bonchev–Trinajstić information content (AvgIpc) is 2.26. The first-order valence-electron chi connectivity index (χ1n) is 5.40. The van der Waals surface area contributed by atoms with Gasteiger partial charge in [-0.05, 0) is 36.4 Å². The van der Waals surface area contributed by atoms with Gasteiger partial charge >= 0.3 is 0 Å². The number of rotatable bonds is 7. The Balaban J connectivity index is 2.07. The lowest BCUT2D eigenvalue weighted by atomic mass is 10.3. The number of benzene rings is 1. The summed E-state index contributed by atoms with van der Waals surface area (Å²) in [4.78, 5) is 0. The summed E-state index contributed by atoms with van der Waals surface area (Å²) in [5.41, 5.74) is 0.993. The summed E-state index contributed by atoms with van der Waals surface area (Å²) in [5.74, 6) is 2.16. The van der Waals surface area contributed by atoms with Gasteiger partial charge in [0.05, 0.1) is 0 Å². The molecule has 0 aliphatic carbocycles. The molecule has 0 atom stereocenters. The Hall–Kier alpha value is -0.700. The van der Waals surface area contributed by atoms with Crippen LogP contribution < -0.4 is 5.32 Å². The summed E-state index contributed by atoms with van der Waals surface area (Å²) in [5, 5.41) is 3.26. The number of unbranched alkanes of at least 4 members (excludes halogenated alkanes) is 1. The van der Waals surface area contributed by atoms with Crippen LogP contribution in [0.4, 0.5) is 10.1 Å². The third-order valence-electron chi connectivity index (χ3n) is 2.06.